The zero-order valence-corrected chi connectivity index (χ0v) is 20.0. The third kappa shape index (κ3) is 5.85. The Kier molecular flexibility index (Phi) is 8.72. The van der Waals surface area contributed by atoms with Gasteiger partial charge in [-0.25, -0.2) is 0 Å². The van der Waals surface area contributed by atoms with Crippen molar-refractivity contribution in [3.05, 3.63) is 71.0 Å². The normalized spacial score (nSPS) is 12.5. The van der Waals surface area contributed by atoms with E-state index in [4.69, 9.17) is 13.9 Å². The highest BCUT2D eigenvalue weighted by Gasteiger charge is 2.27. The van der Waals surface area contributed by atoms with Crippen LogP contribution in [0.25, 0.3) is 17.0 Å². The van der Waals surface area contributed by atoms with Crippen molar-refractivity contribution >= 4 is 23.0 Å². The van der Waals surface area contributed by atoms with Gasteiger partial charge in [0.1, 0.15) is 17.9 Å². The van der Waals surface area contributed by atoms with Gasteiger partial charge in [0, 0.05) is 10.9 Å². The van der Waals surface area contributed by atoms with Crippen LogP contribution in [0.4, 0.5) is 0 Å². The van der Waals surface area contributed by atoms with Gasteiger partial charge in [-0.1, -0.05) is 63.6 Å². The standard InChI is InChI=1S/C28H34O5/c1-5-10-22(28(30)31-4)25-18-33-27-23(25)16-21(15-19(2)3)26(24(27)17-29)32-14-9-13-20-11-7-6-8-12-20/h6-9,11-13,16,18-19,22,29H,5,10,14-15,17H2,1-4H3. The number of esters is 1. The largest absolute Gasteiger partial charge is 0.489 e. The molecule has 1 unspecified atom stereocenters. The van der Waals surface area contributed by atoms with Crippen molar-refractivity contribution in [1.29, 1.82) is 0 Å². The van der Waals surface area contributed by atoms with Gasteiger partial charge in [0.25, 0.3) is 0 Å². The van der Waals surface area contributed by atoms with Crippen LogP contribution >= 0.6 is 0 Å². The lowest BCUT2D eigenvalue weighted by Gasteiger charge is -2.18. The molecule has 1 aromatic heterocycles. The average molecular weight is 451 g/mol. The molecule has 0 aliphatic carbocycles. The Hall–Kier alpha value is -3.05. The van der Waals surface area contributed by atoms with Crippen molar-refractivity contribution in [2.45, 2.75) is 52.6 Å². The Morgan fingerprint density at radius 1 is 1.21 bits per heavy atom. The number of benzene rings is 2. The molecule has 2 aromatic carbocycles. The molecule has 0 bridgehead atoms. The minimum Gasteiger partial charge on any atom is -0.489 e. The number of rotatable bonds is 11. The first-order valence-electron chi connectivity index (χ1n) is 11.6. The van der Waals surface area contributed by atoms with Gasteiger partial charge in [0.15, 0.2) is 0 Å². The number of hydrogen-bond donors (Lipinski definition) is 1. The second kappa shape index (κ2) is 11.7. The van der Waals surface area contributed by atoms with Crippen LogP contribution in [0.15, 0.2) is 53.2 Å². The molecule has 0 amide bonds. The van der Waals surface area contributed by atoms with Crippen LogP contribution in [-0.2, 0) is 22.6 Å². The smallest absolute Gasteiger partial charge is 0.313 e. The molecule has 0 saturated heterocycles. The van der Waals surface area contributed by atoms with Crippen LogP contribution in [-0.4, -0.2) is 24.8 Å². The molecule has 1 heterocycles. The van der Waals surface area contributed by atoms with Crippen LogP contribution in [0, 0.1) is 5.92 Å². The summed E-state index contributed by atoms with van der Waals surface area (Å²) in [7, 11) is 1.41. The molecular weight excluding hydrogens is 416 g/mol. The second-order valence-corrected chi connectivity index (χ2v) is 8.66. The first-order valence-corrected chi connectivity index (χ1v) is 11.6. The molecule has 176 valence electrons. The van der Waals surface area contributed by atoms with Crippen molar-refractivity contribution in [3.8, 4) is 5.75 Å². The molecule has 0 spiro atoms. The number of carbonyl (C=O) groups is 1. The number of fused-ring (bicyclic) bond motifs is 1. The van der Waals surface area contributed by atoms with Gasteiger partial charge in [0.05, 0.1) is 31.5 Å². The van der Waals surface area contributed by atoms with Gasteiger partial charge < -0.3 is 19.0 Å². The molecule has 33 heavy (non-hydrogen) atoms. The summed E-state index contributed by atoms with van der Waals surface area (Å²) in [5.74, 6) is 0.364. The molecule has 0 saturated carbocycles. The summed E-state index contributed by atoms with van der Waals surface area (Å²) in [5, 5.41) is 11.1. The number of methoxy groups -OCH3 is 1. The molecule has 0 aliphatic rings. The number of aliphatic hydroxyl groups excluding tert-OH is 1. The van der Waals surface area contributed by atoms with Crippen molar-refractivity contribution in [3.63, 3.8) is 0 Å². The summed E-state index contributed by atoms with van der Waals surface area (Å²) >= 11 is 0. The average Bonchev–Trinajstić information content (AvgIpc) is 3.23. The first-order chi connectivity index (χ1) is 16.0. The zero-order chi connectivity index (χ0) is 23.8. The molecule has 0 aliphatic heterocycles. The molecule has 0 radical (unpaired) electrons. The van der Waals surface area contributed by atoms with E-state index >= 15 is 0 Å². The van der Waals surface area contributed by atoms with E-state index in [0.717, 1.165) is 34.9 Å². The van der Waals surface area contributed by atoms with E-state index in [-0.39, 0.29) is 12.6 Å². The number of hydrogen-bond acceptors (Lipinski definition) is 5. The maximum Gasteiger partial charge on any atom is 0.313 e. The van der Waals surface area contributed by atoms with E-state index in [1.54, 1.807) is 6.26 Å². The molecule has 0 fully saturated rings. The van der Waals surface area contributed by atoms with Crippen molar-refractivity contribution in [2.24, 2.45) is 5.92 Å². The SMILES string of the molecule is CCCC(C(=O)OC)c1coc2c(CO)c(OCC=Cc3ccccc3)c(CC(C)C)cc12. The summed E-state index contributed by atoms with van der Waals surface area (Å²) < 4.78 is 17.1. The van der Waals surface area contributed by atoms with E-state index in [9.17, 15) is 9.90 Å². The third-order valence-electron chi connectivity index (χ3n) is 5.68. The van der Waals surface area contributed by atoms with Crippen LogP contribution in [0.1, 0.15) is 61.8 Å². The van der Waals surface area contributed by atoms with E-state index in [1.807, 2.05) is 49.4 Å². The fourth-order valence-corrected chi connectivity index (χ4v) is 4.20. The van der Waals surface area contributed by atoms with E-state index in [1.165, 1.54) is 7.11 Å². The van der Waals surface area contributed by atoms with Crippen LogP contribution in [0.5, 0.6) is 5.75 Å². The summed E-state index contributed by atoms with van der Waals surface area (Å²) in [5.41, 5.74) is 4.07. The van der Waals surface area contributed by atoms with Gasteiger partial charge in [-0.2, -0.15) is 0 Å². The number of aliphatic hydroxyl groups is 1. The first kappa shape index (κ1) is 24.6. The molecule has 3 rings (SSSR count). The van der Waals surface area contributed by atoms with Crippen molar-refractivity contribution in [1.82, 2.24) is 0 Å². The molecule has 1 N–H and O–H groups in total. The highest BCUT2D eigenvalue weighted by molar-refractivity contribution is 5.92. The topological polar surface area (TPSA) is 68.9 Å². The fraction of sp³-hybridized carbons (Fsp3) is 0.393. The Bertz CT molecular complexity index is 1080. The minimum absolute atomic E-state index is 0.218. The predicted molar refractivity (Wildman–Crippen MR) is 131 cm³/mol. The molecule has 3 aromatic rings. The quantitative estimate of drug-likeness (QED) is 0.349. The third-order valence-corrected chi connectivity index (χ3v) is 5.68. The molecular formula is C28H34O5. The van der Waals surface area contributed by atoms with E-state index in [2.05, 4.69) is 19.9 Å². The fourth-order valence-electron chi connectivity index (χ4n) is 4.20. The van der Waals surface area contributed by atoms with E-state index in [0.29, 0.717) is 35.8 Å². The summed E-state index contributed by atoms with van der Waals surface area (Å²) in [4.78, 5) is 12.5. The Labute approximate surface area is 196 Å². The molecule has 5 heteroatoms. The van der Waals surface area contributed by atoms with Gasteiger partial charge in [-0.3, -0.25) is 4.79 Å². The number of furan rings is 1. The Morgan fingerprint density at radius 2 is 1.97 bits per heavy atom. The monoisotopic (exact) mass is 450 g/mol. The summed E-state index contributed by atoms with van der Waals surface area (Å²) in [6.07, 6.45) is 7.88. The van der Waals surface area contributed by atoms with E-state index < -0.39 is 5.92 Å². The van der Waals surface area contributed by atoms with Crippen molar-refractivity contribution < 1.29 is 23.8 Å². The maximum atomic E-state index is 12.5. The summed E-state index contributed by atoms with van der Waals surface area (Å²) in [6, 6.07) is 12.1. The lowest BCUT2D eigenvalue weighted by atomic mass is 9.91. The van der Waals surface area contributed by atoms with Gasteiger partial charge in [-0.05, 0) is 42.0 Å². The Morgan fingerprint density at radius 3 is 2.61 bits per heavy atom. The summed E-state index contributed by atoms with van der Waals surface area (Å²) in [6.45, 7) is 6.48. The van der Waals surface area contributed by atoms with Gasteiger partial charge >= 0.3 is 5.97 Å². The highest BCUT2D eigenvalue weighted by Crippen LogP contribution is 2.39. The molecule has 1 atom stereocenters. The Balaban J connectivity index is 2.01. The van der Waals surface area contributed by atoms with Gasteiger partial charge in [0.2, 0.25) is 0 Å². The minimum atomic E-state index is -0.403. The molecule has 5 nitrogen and oxygen atoms in total. The van der Waals surface area contributed by atoms with Crippen molar-refractivity contribution in [2.75, 3.05) is 13.7 Å². The second-order valence-electron chi connectivity index (χ2n) is 8.66. The number of carbonyl (C=O) groups excluding carboxylic acids is 1. The van der Waals surface area contributed by atoms with Crippen LogP contribution in [0.3, 0.4) is 0 Å². The van der Waals surface area contributed by atoms with Crippen LogP contribution in [0.2, 0.25) is 0 Å². The highest BCUT2D eigenvalue weighted by atomic mass is 16.5. The number of ether oxygens (including phenoxy) is 2. The zero-order valence-electron chi connectivity index (χ0n) is 20.0. The maximum absolute atomic E-state index is 12.5. The van der Waals surface area contributed by atoms with Crippen LogP contribution < -0.4 is 4.74 Å². The van der Waals surface area contributed by atoms with Gasteiger partial charge in [-0.15, -0.1) is 0 Å². The predicted octanol–water partition coefficient (Wildman–Crippen LogP) is 6.27. The lowest BCUT2D eigenvalue weighted by Crippen LogP contribution is -2.14. The lowest BCUT2D eigenvalue weighted by molar-refractivity contribution is -0.142.